The van der Waals surface area contributed by atoms with Gasteiger partial charge in [0.2, 0.25) is 5.91 Å². The van der Waals surface area contributed by atoms with Gasteiger partial charge in [0, 0.05) is 11.3 Å². The summed E-state index contributed by atoms with van der Waals surface area (Å²) in [6, 6.07) is 4.62. The molecule has 0 unspecified atom stereocenters. The number of amides is 2. The van der Waals surface area contributed by atoms with Crippen molar-refractivity contribution < 1.29 is 18.4 Å². The van der Waals surface area contributed by atoms with E-state index in [9.17, 15) is 18.4 Å². The van der Waals surface area contributed by atoms with Gasteiger partial charge in [-0.25, -0.2) is 8.78 Å². The van der Waals surface area contributed by atoms with Crippen LogP contribution in [0.5, 0.6) is 0 Å². The van der Waals surface area contributed by atoms with Gasteiger partial charge in [-0.3, -0.25) is 9.59 Å². The number of alkyl halides is 2. The molecule has 1 aliphatic rings. The van der Waals surface area contributed by atoms with Crippen LogP contribution in [0.1, 0.15) is 15.9 Å². The van der Waals surface area contributed by atoms with Gasteiger partial charge in [-0.15, -0.1) is 0 Å². The van der Waals surface area contributed by atoms with E-state index in [-0.39, 0.29) is 17.9 Å². The fraction of sp³-hybridized carbons (Fsp3) is 0.273. The fourth-order valence-corrected chi connectivity index (χ4v) is 1.64. The second-order valence-corrected chi connectivity index (χ2v) is 3.70. The molecule has 0 bridgehead atoms. The number of carbonyl (C=O) groups excluding carboxylic acids is 2. The molecule has 0 saturated heterocycles. The van der Waals surface area contributed by atoms with Crippen LogP contribution < -0.4 is 10.6 Å². The molecule has 17 heavy (non-hydrogen) atoms. The van der Waals surface area contributed by atoms with E-state index in [4.69, 9.17) is 0 Å². The van der Waals surface area contributed by atoms with Crippen LogP contribution in [0.15, 0.2) is 18.2 Å². The average Bonchev–Trinajstić information content (AvgIpc) is 2.64. The molecule has 1 heterocycles. The first-order valence-electron chi connectivity index (χ1n) is 5.05. The number of benzene rings is 1. The molecule has 1 aromatic rings. The molecule has 90 valence electrons. The van der Waals surface area contributed by atoms with Crippen molar-refractivity contribution in [3.8, 4) is 0 Å². The third-order valence-corrected chi connectivity index (χ3v) is 2.41. The Hall–Kier alpha value is -1.98. The smallest absolute Gasteiger partial charge is 0.255 e. The zero-order valence-corrected chi connectivity index (χ0v) is 8.80. The summed E-state index contributed by atoms with van der Waals surface area (Å²) in [6.45, 7) is -0.674. The van der Waals surface area contributed by atoms with E-state index in [1.807, 2.05) is 0 Å². The molecule has 0 aliphatic carbocycles. The zero-order chi connectivity index (χ0) is 12.4. The fourth-order valence-electron chi connectivity index (χ4n) is 1.64. The van der Waals surface area contributed by atoms with E-state index < -0.39 is 18.9 Å². The molecule has 4 nitrogen and oxygen atoms in total. The van der Waals surface area contributed by atoms with E-state index in [1.54, 1.807) is 6.07 Å². The van der Waals surface area contributed by atoms with Crippen molar-refractivity contribution in [1.82, 2.24) is 5.32 Å². The highest BCUT2D eigenvalue weighted by Gasteiger charge is 2.19. The highest BCUT2D eigenvalue weighted by Crippen LogP contribution is 2.23. The summed E-state index contributed by atoms with van der Waals surface area (Å²) in [4.78, 5) is 22.6. The van der Waals surface area contributed by atoms with Gasteiger partial charge in [0.25, 0.3) is 12.3 Å². The molecular weight excluding hydrogens is 230 g/mol. The average molecular weight is 240 g/mol. The first-order valence-corrected chi connectivity index (χ1v) is 5.05. The van der Waals surface area contributed by atoms with Crippen molar-refractivity contribution in [2.24, 2.45) is 0 Å². The van der Waals surface area contributed by atoms with Gasteiger partial charge in [-0.2, -0.15) is 0 Å². The molecule has 0 atom stereocenters. The molecule has 0 saturated carbocycles. The van der Waals surface area contributed by atoms with E-state index in [0.717, 1.165) is 0 Å². The maximum Gasteiger partial charge on any atom is 0.255 e. The Morgan fingerprint density at radius 2 is 2.24 bits per heavy atom. The number of hydrogen-bond acceptors (Lipinski definition) is 2. The van der Waals surface area contributed by atoms with Gasteiger partial charge in [0.1, 0.15) is 0 Å². The summed E-state index contributed by atoms with van der Waals surface area (Å²) in [5, 5.41) is 4.73. The van der Waals surface area contributed by atoms with E-state index >= 15 is 0 Å². The molecule has 2 rings (SSSR count). The van der Waals surface area contributed by atoms with E-state index in [2.05, 4.69) is 10.6 Å². The van der Waals surface area contributed by atoms with Crippen LogP contribution in [0, 0.1) is 0 Å². The highest BCUT2D eigenvalue weighted by molar-refractivity contribution is 6.01. The molecule has 0 radical (unpaired) electrons. The van der Waals surface area contributed by atoms with Crippen LogP contribution >= 0.6 is 0 Å². The Kier molecular flexibility index (Phi) is 3.03. The minimum atomic E-state index is -2.57. The number of hydrogen-bond donors (Lipinski definition) is 2. The molecule has 0 fully saturated rings. The third kappa shape index (κ3) is 2.58. The standard InChI is InChI=1S/C11H10F2N2O2/c12-9(13)5-14-11(17)6-1-2-8-7(3-6)4-10(16)15-8/h1-3,9H,4-5H2,(H,14,17)(H,15,16). The van der Waals surface area contributed by atoms with Crippen LogP contribution in [-0.2, 0) is 11.2 Å². The van der Waals surface area contributed by atoms with Crippen molar-refractivity contribution in [1.29, 1.82) is 0 Å². The summed E-state index contributed by atoms with van der Waals surface area (Å²) in [5.74, 6) is -0.697. The van der Waals surface area contributed by atoms with Crippen LogP contribution in [0.2, 0.25) is 0 Å². The molecular formula is C11H10F2N2O2. The van der Waals surface area contributed by atoms with Gasteiger partial charge in [-0.05, 0) is 23.8 Å². The van der Waals surface area contributed by atoms with Crippen molar-refractivity contribution in [2.45, 2.75) is 12.8 Å². The number of nitrogens with one attached hydrogen (secondary N) is 2. The van der Waals surface area contributed by atoms with Gasteiger partial charge >= 0.3 is 0 Å². The van der Waals surface area contributed by atoms with E-state index in [0.29, 0.717) is 11.3 Å². The Morgan fingerprint density at radius 3 is 2.94 bits per heavy atom. The summed E-state index contributed by atoms with van der Waals surface area (Å²) in [6.07, 6.45) is -2.36. The predicted octanol–water partition coefficient (Wildman–Crippen LogP) is 1.18. The minimum Gasteiger partial charge on any atom is -0.346 e. The lowest BCUT2D eigenvalue weighted by Crippen LogP contribution is -2.28. The maximum atomic E-state index is 11.9. The predicted molar refractivity (Wildman–Crippen MR) is 57.1 cm³/mol. The minimum absolute atomic E-state index is 0.134. The number of halogens is 2. The molecule has 2 N–H and O–H groups in total. The van der Waals surface area contributed by atoms with Crippen LogP contribution in [-0.4, -0.2) is 24.8 Å². The second-order valence-electron chi connectivity index (χ2n) is 3.70. The molecule has 0 spiro atoms. The Labute approximate surface area is 96.0 Å². The number of carbonyl (C=O) groups is 2. The van der Waals surface area contributed by atoms with Crippen LogP contribution in [0.4, 0.5) is 14.5 Å². The zero-order valence-electron chi connectivity index (χ0n) is 8.80. The third-order valence-electron chi connectivity index (χ3n) is 2.41. The topological polar surface area (TPSA) is 58.2 Å². The normalized spacial score (nSPS) is 13.5. The number of anilines is 1. The first kappa shape index (κ1) is 11.5. The number of rotatable bonds is 3. The van der Waals surface area contributed by atoms with Gasteiger partial charge in [0.05, 0.1) is 13.0 Å². The monoisotopic (exact) mass is 240 g/mol. The maximum absolute atomic E-state index is 11.9. The summed E-state index contributed by atoms with van der Waals surface area (Å²) in [5.41, 5.74) is 1.65. The molecule has 1 aliphatic heterocycles. The van der Waals surface area contributed by atoms with Crippen molar-refractivity contribution in [2.75, 3.05) is 11.9 Å². The molecule has 6 heteroatoms. The summed E-state index contributed by atoms with van der Waals surface area (Å²) < 4.78 is 23.8. The first-order chi connectivity index (χ1) is 8.06. The van der Waals surface area contributed by atoms with Crippen LogP contribution in [0.3, 0.4) is 0 Å². The molecule has 2 amide bonds. The molecule has 1 aromatic carbocycles. The van der Waals surface area contributed by atoms with Crippen molar-refractivity contribution >= 4 is 17.5 Å². The Balaban J connectivity index is 2.10. The van der Waals surface area contributed by atoms with Crippen molar-refractivity contribution in [3.63, 3.8) is 0 Å². The second kappa shape index (κ2) is 4.48. The largest absolute Gasteiger partial charge is 0.346 e. The van der Waals surface area contributed by atoms with Gasteiger partial charge < -0.3 is 10.6 Å². The summed E-state index contributed by atoms with van der Waals surface area (Å²) >= 11 is 0. The Morgan fingerprint density at radius 1 is 1.47 bits per heavy atom. The molecule has 0 aromatic heterocycles. The van der Waals surface area contributed by atoms with Crippen LogP contribution in [0.25, 0.3) is 0 Å². The highest BCUT2D eigenvalue weighted by atomic mass is 19.3. The number of fused-ring (bicyclic) bond motifs is 1. The SMILES string of the molecule is O=C1Cc2cc(C(=O)NCC(F)F)ccc2N1. The summed E-state index contributed by atoms with van der Waals surface area (Å²) in [7, 11) is 0. The Bertz CT molecular complexity index is 475. The quantitative estimate of drug-likeness (QED) is 0.833. The lowest BCUT2D eigenvalue weighted by Gasteiger charge is -2.05. The van der Waals surface area contributed by atoms with Crippen molar-refractivity contribution in [3.05, 3.63) is 29.3 Å². The lowest BCUT2D eigenvalue weighted by atomic mass is 10.1. The van der Waals surface area contributed by atoms with Gasteiger partial charge in [-0.1, -0.05) is 0 Å². The van der Waals surface area contributed by atoms with E-state index in [1.165, 1.54) is 12.1 Å². The van der Waals surface area contributed by atoms with Gasteiger partial charge in [0.15, 0.2) is 0 Å². The lowest BCUT2D eigenvalue weighted by molar-refractivity contribution is -0.115.